The van der Waals surface area contributed by atoms with E-state index >= 15 is 0 Å². The monoisotopic (exact) mass is 478 g/mol. The molecule has 6 nitrogen and oxygen atoms in total. The van der Waals surface area contributed by atoms with E-state index in [0.717, 1.165) is 17.7 Å². The van der Waals surface area contributed by atoms with Gasteiger partial charge in [-0.25, -0.2) is 14.4 Å². The van der Waals surface area contributed by atoms with Gasteiger partial charge in [0.25, 0.3) is 5.56 Å². The molecule has 174 valence electrons. The molecule has 0 radical (unpaired) electrons. The molecule has 8 heteroatoms. The number of nitrogens with zero attached hydrogens (tertiary/aromatic N) is 4. The molecule has 0 N–H and O–H groups in total. The number of pyridine rings is 1. The minimum Gasteiger partial charge on any atom is -0.373 e. The van der Waals surface area contributed by atoms with Gasteiger partial charge in [0.1, 0.15) is 11.5 Å². The zero-order valence-electron chi connectivity index (χ0n) is 19.2. The third kappa shape index (κ3) is 4.10. The molecule has 0 aliphatic carbocycles. The number of ether oxygens (including phenoxy) is 1. The summed E-state index contributed by atoms with van der Waals surface area (Å²) in [7, 11) is 0. The first kappa shape index (κ1) is 22.6. The number of hydrogen-bond acceptors (Lipinski definition) is 5. The zero-order valence-corrected chi connectivity index (χ0v) is 19.9. The average Bonchev–Trinajstić information content (AvgIpc) is 2.82. The second-order valence-corrected chi connectivity index (χ2v) is 9.21. The van der Waals surface area contributed by atoms with E-state index in [2.05, 4.69) is 9.97 Å². The van der Waals surface area contributed by atoms with Crippen molar-refractivity contribution in [1.29, 1.82) is 0 Å². The number of rotatable bonds is 3. The fourth-order valence-corrected chi connectivity index (χ4v) is 4.64. The molecule has 0 amide bonds. The predicted molar refractivity (Wildman–Crippen MR) is 129 cm³/mol. The zero-order chi connectivity index (χ0) is 24.0. The van der Waals surface area contributed by atoms with E-state index in [9.17, 15) is 9.18 Å². The van der Waals surface area contributed by atoms with Crippen LogP contribution in [-0.4, -0.2) is 26.0 Å². The molecule has 1 fully saturated rings. The summed E-state index contributed by atoms with van der Waals surface area (Å²) >= 11 is 5.98. The number of hydrogen-bond donors (Lipinski definition) is 0. The van der Waals surface area contributed by atoms with Gasteiger partial charge in [-0.05, 0) is 69.5 Å². The van der Waals surface area contributed by atoms with Crippen molar-refractivity contribution >= 4 is 17.2 Å². The fraction of sp³-hybridized carbons (Fsp3) is 0.308. The molecule has 0 saturated carbocycles. The van der Waals surface area contributed by atoms with E-state index in [0.29, 0.717) is 46.3 Å². The maximum absolute atomic E-state index is 15.0. The lowest BCUT2D eigenvalue weighted by Gasteiger charge is -2.30. The minimum atomic E-state index is -0.511. The van der Waals surface area contributed by atoms with Crippen LogP contribution in [0.3, 0.4) is 0 Å². The molecule has 3 aromatic heterocycles. The summed E-state index contributed by atoms with van der Waals surface area (Å²) in [5, 5.41) is 0.291. The maximum atomic E-state index is 15.0. The molecule has 1 saturated heterocycles. The lowest BCUT2D eigenvalue weighted by Crippen LogP contribution is -2.24. The van der Waals surface area contributed by atoms with E-state index in [1.807, 2.05) is 19.1 Å². The normalized spacial score (nSPS) is 18.4. The largest absolute Gasteiger partial charge is 0.373 e. The molecular formula is C26H24ClFN4O2. The molecule has 2 atom stereocenters. The minimum absolute atomic E-state index is 0.0271. The van der Waals surface area contributed by atoms with Crippen LogP contribution in [0.25, 0.3) is 16.9 Å². The van der Waals surface area contributed by atoms with E-state index in [4.69, 9.17) is 21.3 Å². The van der Waals surface area contributed by atoms with Gasteiger partial charge < -0.3 is 4.74 Å². The Morgan fingerprint density at radius 1 is 1.15 bits per heavy atom. The van der Waals surface area contributed by atoms with Crippen LogP contribution in [0.2, 0.25) is 5.02 Å². The first-order valence-corrected chi connectivity index (χ1v) is 11.6. The summed E-state index contributed by atoms with van der Waals surface area (Å²) < 4.78 is 22.5. The molecule has 0 bridgehead atoms. The summed E-state index contributed by atoms with van der Waals surface area (Å²) in [6, 6.07) is 8.42. The Morgan fingerprint density at radius 2 is 1.97 bits per heavy atom. The maximum Gasteiger partial charge on any atom is 0.261 e. The molecular weight excluding hydrogens is 455 g/mol. The standard InChI is InChI=1S/C26H24ClFN4O2/c1-14-10-18(6-8-29-14)23-11-17(7-9-34-23)22-13-32-25(30-16(3)15(2)26(32)33)24(31-22)20-5-4-19(27)12-21(20)28/h4-6,8,10,12-13,17,23H,7,9,11H2,1-3H3/t17-,23+/m1/s1. The van der Waals surface area contributed by atoms with E-state index < -0.39 is 5.82 Å². The van der Waals surface area contributed by atoms with Crippen molar-refractivity contribution in [2.45, 2.75) is 45.6 Å². The van der Waals surface area contributed by atoms with Gasteiger partial charge in [0.2, 0.25) is 0 Å². The van der Waals surface area contributed by atoms with Crippen LogP contribution in [0.4, 0.5) is 4.39 Å². The average molecular weight is 479 g/mol. The van der Waals surface area contributed by atoms with Crippen molar-refractivity contribution in [2.75, 3.05) is 6.61 Å². The second-order valence-electron chi connectivity index (χ2n) is 8.77. The Morgan fingerprint density at radius 3 is 2.74 bits per heavy atom. The Kier molecular flexibility index (Phi) is 5.91. The van der Waals surface area contributed by atoms with Crippen molar-refractivity contribution in [2.24, 2.45) is 0 Å². The number of fused-ring (bicyclic) bond motifs is 1. The Balaban J connectivity index is 1.66. The fourth-order valence-electron chi connectivity index (χ4n) is 4.48. The highest BCUT2D eigenvalue weighted by molar-refractivity contribution is 6.30. The van der Waals surface area contributed by atoms with E-state index in [1.165, 1.54) is 10.5 Å². The molecule has 0 unspecified atom stereocenters. The van der Waals surface area contributed by atoms with E-state index in [-0.39, 0.29) is 23.1 Å². The van der Waals surface area contributed by atoms with Gasteiger partial charge in [0, 0.05) is 52.5 Å². The first-order chi connectivity index (χ1) is 16.3. The number of halogens is 2. The summed E-state index contributed by atoms with van der Waals surface area (Å²) in [5.74, 6) is -0.483. The summed E-state index contributed by atoms with van der Waals surface area (Å²) in [5.41, 5.74) is 4.57. The highest BCUT2D eigenvalue weighted by Crippen LogP contribution is 2.38. The smallest absolute Gasteiger partial charge is 0.261 e. The molecule has 4 aromatic rings. The molecule has 1 aliphatic rings. The van der Waals surface area contributed by atoms with Crippen molar-refractivity contribution in [3.63, 3.8) is 0 Å². The topological polar surface area (TPSA) is 69.4 Å². The number of benzene rings is 1. The van der Waals surface area contributed by atoms with E-state index in [1.54, 1.807) is 38.4 Å². The van der Waals surface area contributed by atoms with Crippen LogP contribution in [0.5, 0.6) is 0 Å². The van der Waals surface area contributed by atoms with Crippen LogP contribution in [0.15, 0.2) is 47.5 Å². The molecule has 0 spiro atoms. The lowest BCUT2D eigenvalue weighted by molar-refractivity contribution is 0.00451. The Bertz CT molecular complexity index is 1470. The first-order valence-electron chi connectivity index (χ1n) is 11.2. The van der Waals surface area contributed by atoms with Crippen LogP contribution >= 0.6 is 11.6 Å². The van der Waals surface area contributed by atoms with Crippen LogP contribution in [0, 0.1) is 26.6 Å². The van der Waals surface area contributed by atoms with Crippen molar-refractivity contribution < 1.29 is 9.13 Å². The predicted octanol–water partition coefficient (Wildman–Crippen LogP) is 5.50. The highest BCUT2D eigenvalue weighted by atomic mass is 35.5. The van der Waals surface area contributed by atoms with Crippen molar-refractivity contribution in [3.05, 3.63) is 92.1 Å². The number of aryl methyl sites for hydroxylation is 2. The number of aromatic nitrogens is 4. The molecule has 4 heterocycles. The van der Waals surface area contributed by atoms with Gasteiger partial charge in [-0.2, -0.15) is 0 Å². The van der Waals surface area contributed by atoms with Crippen LogP contribution < -0.4 is 5.56 Å². The molecule has 1 aromatic carbocycles. The molecule has 1 aliphatic heterocycles. The summed E-state index contributed by atoms with van der Waals surface area (Å²) in [6.45, 7) is 6.02. The Hall–Kier alpha value is -3.16. The summed E-state index contributed by atoms with van der Waals surface area (Å²) in [6.07, 6.45) is 4.86. The van der Waals surface area contributed by atoms with Gasteiger partial charge in [0.15, 0.2) is 5.65 Å². The van der Waals surface area contributed by atoms with Crippen molar-refractivity contribution in [1.82, 2.24) is 19.4 Å². The third-order valence-corrected chi connectivity index (χ3v) is 6.71. The van der Waals surface area contributed by atoms with Gasteiger partial charge >= 0.3 is 0 Å². The third-order valence-electron chi connectivity index (χ3n) is 6.48. The lowest BCUT2D eigenvalue weighted by atomic mass is 9.89. The van der Waals surface area contributed by atoms with Crippen LogP contribution in [-0.2, 0) is 4.74 Å². The van der Waals surface area contributed by atoms with Gasteiger partial charge in [-0.1, -0.05) is 11.6 Å². The second kappa shape index (κ2) is 8.89. The van der Waals surface area contributed by atoms with Gasteiger partial charge in [-0.15, -0.1) is 0 Å². The summed E-state index contributed by atoms with van der Waals surface area (Å²) in [4.78, 5) is 26.9. The van der Waals surface area contributed by atoms with Gasteiger partial charge in [-0.3, -0.25) is 14.2 Å². The van der Waals surface area contributed by atoms with Crippen molar-refractivity contribution in [3.8, 4) is 11.3 Å². The Labute approximate surface area is 201 Å². The SMILES string of the molecule is Cc1cc([C@@H]2C[C@H](c3cn4c(=O)c(C)c(C)nc4c(-c4ccc(Cl)cc4F)n3)CCO2)ccn1. The molecule has 34 heavy (non-hydrogen) atoms. The quantitative estimate of drug-likeness (QED) is 0.388. The highest BCUT2D eigenvalue weighted by Gasteiger charge is 2.28. The van der Waals surface area contributed by atoms with Gasteiger partial charge in [0.05, 0.1) is 11.8 Å². The molecule has 5 rings (SSSR count). The van der Waals surface area contributed by atoms with Crippen LogP contribution in [0.1, 0.15) is 53.1 Å².